The monoisotopic (exact) mass is 462 g/mol. The molecule has 0 atom stereocenters. The van der Waals surface area contributed by atoms with Crippen LogP contribution >= 0.6 is 27.7 Å². The number of hydrogen-bond acceptors (Lipinski definition) is 7. The summed E-state index contributed by atoms with van der Waals surface area (Å²) >= 11 is 3.90. The highest BCUT2D eigenvalue weighted by Gasteiger charge is 2.36. The van der Waals surface area contributed by atoms with Crippen LogP contribution in [0.1, 0.15) is 15.9 Å². The lowest BCUT2D eigenvalue weighted by atomic mass is 10.1. The first-order valence-electron chi connectivity index (χ1n) is 7.78. The Labute approximate surface area is 171 Å². The van der Waals surface area contributed by atoms with Gasteiger partial charge in [0, 0.05) is 16.1 Å². The van der Waals surface area contributed by atoms with E-state index < -0.39 is 39.8 Å². The van der Waals surface area contributed by atoms with Gasteiger partial charge in [-0.05, 0) is 41.6 Å². The van der Waals surface area contributed by atoms with Crippen LogP contribution in [0.25, 0.3) is 6.08 Å². The number of hydrogen-bond donors (Lipinski definition) is 1. The zero-order valence-electron chi connectivity index (χ0n) is 14.0. The van der Waals surface area contributed by atoms with Crippen LogP contribution in [0, 0.1) is 10.1 Å². The molecule has 28 heavy (non-hydrogen) atoms. The average molecular weight is 463 g/mol. The molecule has 0 unspecified atom stereocenters. The predicted octanol–water partition coefficient (Wildman–Crippen LogP) is 3.98. The van der Waals surface area contributed by atoms with E-state index in [0.717, 1.165) is 21.5 Å². The summed E-state index contributed by atoms with van der Waals surface area (Å²) in [5, 5.41) is 19.8. The minimum Gasteiger partial charge on any atom is -0.502 e. The molecule has 0 bridgehead atoms. The van der Waals surface area contributed by atoms with Gasteiger partial charge in [0.1, 0.15) is 0 Å². The van der Waals surface area contributed by atoms with Gasteiger partial charge in [0.15, 0.2) is 11.5 Å². The van der Waals surface area contributed by atoms with Gasteiger partial charge in [0.2, 0.25) is 0 Å². The van der Waals surface area contributed by atoms with E-state index in [1.54, 1.807) is 24.3 Å². The second-order valence-corrected chi connectivity index (χ2v) is 7.61. The Balaban J connectivity index is 1.80. The van der Waals surface area contributed by atoms with Gasteiger partial charge in [-0.25, -0.2) is 0 Å². The molecule has 8 nitrogen and oxygen atoms in total. The number of carbonyl (C=O) groups is 3. The molecule has 0 radical (unpaired) electrons. The Morgan fingerprint density at radius 2 is 1.89 bits per heavy atom. The molecule has 0 aromatic heterocycles. The number of amides is 2. The van der Waals surface area contributed by atoms with Crippen molar-refractivity contribution in [1.29, 1.82) is 0 Å². The molecule has 0 spiro atoms. The van der Waals surface area contributed by atoms with Crippen LogP contribution in [-0.2, 0) is 4.79 Å². The molecule has 0 aliphatic carbocycles. The van der Waals surface area contributed by atoms with Gasteiger partial charge in [0.05, 0.1) is 16.4 Å². The van der Waals surface area contributed by atoms with Crippen molar-refractivity contribution < 1.29 is 24.4 Å². The number of nitrogens with zero attached hydrogens (tertiary/aromatic N) is 2. The number of imide groups is 1. The van der Waals surface area contributed by atoms with Gasteiger partial charge >= 0.3 is 5.69 Å². The van der Waals surface area contributed by atoms with E-state index in [9.17, 15) is 29.6 Å². The lowest BCUT2D eigenvalue weighted by molar-refractivity contribution is -0.385. The Kier molecular flexibility index (Phi) is 5.61. The number of phenols is 1. The van der Waals surface area contributed by atoms with Gasteiger partial charge in [0.25, 0.3) is 11.1 Å². The summed E-state index contributed by atoms with van der Waals surface area (Å²) in [4.78, 5) is 48.0. The first-order chi connectivity index (χ1) is 13.3. The van der Waals surface area contributed by atoms with E-state index in [2.05, 4.69) is 15.9 Å². The van der Waals surface area contributed by atoms with E-state index >= 15 is 0 Å². The molecule has 2 amide bonds. The topological polar surface area (TPSA) is 118 Å². The number of thioether (sulfide) groups is 1. The van der Waals surface area contributed by atoms with E-state index in [1.165, 1.54) is 12.1 Å². The standard InChI is InChI=1S/C18H11BrN2O6S/c19-12-4-2-11(3-5-12)15(23)9-20-17(24)16(28-18(20)25)8-10-1-6-14(22)13(7-10)21(26)27/h1-8,22H,9H2/b16-8+. The number of Topliss-reactive ketones (excluding diaryl/α,β-unsaturated/α-hetero) is 1. The Morgan fingerprint density at radius 3 is 2.54 bits per heavy atom. The SMILES string of the molecule is O=C(CN1C(=O)S/C(=C/c2ccc(O)c([N+](=O)[O-])c2)C1=O)c1ccc(Br)cc1. The second-order valence-electron chi connectivity index (χ2n) is 5.70. The molecule has 1 N–H and O–H groups in total. The summed E-state index contributed by atoms with van der Waals surface area (Å²) in [7, 11) is 0. The largest absolute Gasteiger partial charge is 0.502 e. The highest BCUT2D eigenvalue weighted by molar-refractivity contribution is 9.10. The molecule has 1 aliphatic rings. The quantitative estimate of drug-likeness (QED) is 0.308. The van der Waals surface area contributed by atoms with Crippen LogP contribution in [0.15, 0.2) is 51.8 Å². The third-order valence-corrected chi connectivity index (χ3v) is 5.27. The Bertz CT molecular complexity index is 1030. The van der Waals surface area contributed by atoms with Crippen LogP contribution < -0.4 is 0 Å². The van der Waals surface area contributed by atoms with E-state index in [-0.39, 0.29) is 10.5 Å². The van der Waals surface area contributed by atoms with Crippen molar-refractivity contribution in [1.82, 2.24) is 4.90 Å². The van der Waals surface area contributed by atoms with Crippen molar-refractivity contribution in [3.05, 3.63) is 73.1 Å². The molecule has 142 valence electrons. The van der Waals surface area contributed by atoms with Crippen molar-refractivity contribution in [2.24, 2.45) is 0 Å². The predicted molar refractivity (Wildman–Crippen MR) is 106 cm³/mol. The molecule has 2 aromatic rings. The summed E-state index contributed by atoms with van der Waals surface area (Å²) in [6.45, 7) is -0.403. The minimum absolute atomic E-state index is 0.0357. The normalized spacial score (nSPS) is 15.3. The maximum absolute atomic E-state index is 12.5. The van der Waals surface area contributed by atoms with Gasteiger partial charge in [-0.3, -0.25) is 29.4 Å². The fourth-order valence-corrected chi connectivity index (χ4v) is 3.54. The number of ketones is 1. The second kappa shape index (κ2) is 7.95. The van der Waals surface area contributed by atoms with Crippen LogP contribution in [0.4, 0.5) is 10.5 Å². The summed E-state index contributed by atoms with van der Waals surface area (Å²) < 4.78 is 0.793. The number of rotatable bonds is 5. The third kappa shape index (κ3) is 4.12. The van der Waals surface area contributed by atoms with Crippen LogP contribution in [-0.4, -0.2) is 38.4 Å². The number of phenolic OH excluding ortho intramolecular Hbond substituents is 1. The van der Waals surface area contributed by atoms with E-state index in [4.69, 9.17) is 0 Å². The van der Waals surface area contributed by atoms with Gasteiger partial charge in [-0.1, -0.05) is 34.1 Å². The number of nitro benzene ring substituents is 1. The molecule has 1 fully saturated rings. The minimum atomic E-state index is -0.755. The highest BCUT2D eigenvalue weighted by atomic mass is 79.9. The molecule has 2 aromatic carbocycles. The number of aromatic hydroxyl groups is 1. The van der Waals surface area contributed by atoms with Crippen LogP contribution in [0.3, 0.4) is 0 Å². The first-order valence-corrected chi connectivity index (χ1v) is 9.39. The fraction of sp³-hybridized carbons (Fsp3) is 0.0556. The molecule has 0 saturated carbocycles. The number of halogens is 1. The first kappa shape index (κ1) is 19.8. The van der Waals surface area contributed by atoms with Crippen molar-refractivity contribution in [3.63, 3.8) is 0 Å². The molecule has 1 aliphatic heterocycles. The smallest absolute Gasteiger partial charge is 0.311 e. The summed E-state index contributed by atoms with van der Waals surface area (Å²) in [5.41, 5.74) is 0.119. The van der Waals surface area contributed by atoms with Crippen molar-refractivity contribution >= 4 is 56.4 Å². The highest BCUT2D eigenvalue weighted by Crippen LogP contribution is 2.34. The van der Waals surface area contributed by atoms with E-state index in [1.807, 2.05) is 0 Å². The van der Waals surface area contributed by atoms with Crippen LogP contribution in [0.5, 0.6) is 5.75 Å². The van der Waals surface area contributed by atoms with E-state index in [0.29, 0.717) is 17.3 Å². The van der Waals surface area contributed by atoms with Crippen LogP contribution in [0.2, 0.25) is 0 Å². The fourth-order valence-electron chi connectivity index (χ4n) is 2.43. The summed E-state index contributed by atoms with van der Waals surface area (Å²) in [6.07, 6.45) is 1.31. The van der Waals surface area contributed by atoms with Crippen molar-refractivity contribution in [3.8, 4) is 5.75 Å². The van der Waals surface area contributed by atoms with Crippen molar-refractivity contribution in [2.45, 2.75) is 0 Å². The lowest BCUT2D eigenvalue weighted by Gasteiger charge is -2.11. The maximum atomic E-state index is 12.5. The molecule has 3 rings (SSSR count). The molecule has 10 heteroatoms. The summed E-state index contributed by atoms with van der Waals surface area (Å²) in [6, 6.07) is 10.1. The maximum Gasteiger partial charge on any atom is 0.311 e. The van der Waals surface area contributed by atoms with Gasteiger partial charge in [-0.2, -0.15) is 0 Å². The molecular formula is C18H11BrN2O6S. The third-order valence-electron chi connectivity index (χ3n) is 3.84. The zero-order valence-corrected chi connectivity index (χ0v) is 16.4. The van der Waals surface area contributed by atoms with Gasteiger partial charge < -0.3 is 5.11 Å². The van der Waals surface area contributed by atoms with Crippen molar-refractivity contribution in [2.75, 3.05) is 6.54 Å². The van der Waals surface area contributed by atoms with Gasteiger partial charge in [-0.15, -0.1) is 0 Å². The number of carbonyl (C=O) groups excluding carboxylic acids is 3. The zero-order chi connectivity index (χ0) is 20.4. The number of nitro groups is 1. The molecule has 1 saturated heterocycles. The number of benzene rings is 2. The Hall–Kier alpha value is -2.98. The summed E-state index contributed by atoms with van der Waals surface area (Å²) in [5.74, 6) is -1.55. The lowest BCUT2D eigenvalue weighted by Crippen LogP contribution is -2.33. The molecular weight excluding hydrogens is 452 g/mol. The molecule has 1 heterocycles. The average Bonchev–Trinajstić information content (AvgIpc) is 2.91. The Morgan fingerprint density at radius 1 is 1.21 bits per heavy atom.